The molecule has 0 bridgehead atoms. The van der Waals surface area contributed by atoms with Crippen molar-refractivity contribution in [2.75, 3.05) is 19.7 Å². The molecule has 2 rings (SSSR count). The van der Waals surface area contributed by atoms with E-state index >= 15 is 0 Å². The first-order valence-corrected chi connectivity index (χ1v) is 6.03. The number of rotatable bonds is 6. The molecule has 0 amide bonds. The second-order valence-corrected chi connectivity index (χ2v) is 4.26. The highest BCUT2D eigenvalue weighted by molar-refractivity contribution is 5.75. The zero-order valence-electron chi connectivity index (χ0n) is 10.2. The van der Waals surface area contributed by atoms with Gasteiger partial charge in [-0.05, 0) is 43.6 Å². The van der Waals surface area contributed by atoms with Gasteiger partial charge in [-0.15, -0.1) is 0 Å². The molecule has 1 heterocycles. The van der Waals surface area contributed by atoms with Crippen LogP contribution in [0.5, 0.6) is 0 Å². The molecule has 4 nitrogen and oxygen atoms in total. The molecule has 2 aromatic rings. The number of imidazole rings is 1. The van der Waals surface area contributed by atoms with Crippen LogP contribution in [0.4, 0.5) is 0 Å². The van der Waals surface area contributed by atoms with E-state index < -0.39 is 0 Å². The van der Waals surface area contributed by atoms with Crippen LogP contribution in [0, 0.1) is 0 Å². The van der Waals surface area contributed by atoms with Gasteiger partial charge in [-0.25, -0.2) is 4.98 Å². The van der Waals surface area contributed by atoms with Gasteiger partial charge in [-0.3, -0.25) is 0 Å². The zero-order chi connectivity index (χ0) is 12.1. The fourth-order valence-electron chi connectivity index (χ4n) is 1.90. The van der Waals surface area contributed by atoms with Crippen molar-refractivity contribution in [1.29, 1.82) is 0 Å². The fraction of sp³-hybridized carbons (Fsp3) is 0.462. The Balaban J connectivity index is 1.91. The van der Waals surface area contributed by atoms with E-state index in [0.29, 0.717) is 0 Å². The maximum Gasteiger partial charge on any atom is 0.0955 e. The molecule has 0 unspecified atom stereocenters. The average molecular weight is 233 g/mol. The number of hydrogen-bond donors (Lipinski definition) is 2. The van der Waals surface area contributed by atoms with E-state index in [0.717, 1.165) is 31.4 Å². The molecule has 92 valence electrons. The van der Waals surface area contributed by atoms with Gasteiger partial charge >= 0.3 is 0 Å². The van der Waals surface area contributed by atoms with E-state index in [1.165, 1.54) is 11.1 Å². The zero-order valence-corrected chi connectivity index (χ0v) is 10.2. The van der Waals surface area contributed by atoms with Gasteiger partial charge in [-0.2, -0.15) is 0 Å². The Kier molecular flexibility index (Phi) is 4.12. The van der Waals surface area contributed by atoms with Crippen LogP contribution in [0.2, 0.25) is 0 Å². The molecule has 1 aromatic heterocycles. The van der Waals surface area contributed by atoms with Crippen LogP contribution in [-0.4, -0.2) is 34.4 Å². The van der Waals surface area contributed by atoms with Crippen molar-refractivity contribution in [2.45, 2.75) is 12.8 Å². The quantitative estimate of drug-likeness (QED) is 0.734. The number of hydrogen-bond acceptors (Lipinski definition) is 3. The van der Waals surface area contributed by atoms with Crippen LogP contribution in [0.3, 0.4) is 0 Å². The van der Waals surface area contributed by atoms with Gasteiger partial charge in [0.05, 0.1) is 17.4 Å². The Hall–Kier alpha value is -1.39. The largest absolute Gasteiger partial charge is 0.396 e. The lowest BCUT2D eigenvalue weighted by atomic mass is 10.1. The molecule has 0 aliphatic rings. The first-order valence-electron chi connectivity index (χ1n) is 6.03. The molecular weight excluding hydrogens is 214 g/mol. The van der Waals surface area contributed by atoms with Gasteiger partial charge < -0.3 is 15.0 Å². The molecule has 1 aromatic carbocycles. The third-order valence-corrected chi connectivity index (χ3v) is 2.89. The van der Waals surface area contributed by atoms with Crippen LogP contribution in [0.15, 0.2) is 24.5 Å². The van der Waals surface area contributed by atoms with E-state index in [1.807, 2.05) is 17.9 Å². The lowest BCUT2D eigenvalue weighted by Crippen LogP contribution is -2.19. The molecule has 17 heavy (non-hydrogen) atoms. The molecule has 4 heteroatoms. The van der Waals surface area contributed by atoms with Crippen molar-refractivity contribution < 1.29 is 5.11 Å². The van der Waals surface area contributed by atoms with Crippen LogP contribution in [0.1, 0.15) is 12.0 Å². The van der Waals surface area contributed by atoms with Crippen LogP contribution in [0.25, 0.3) is 11.0 Å². The lowest BCUT2D eigenvalue weighted by Gasteiger charge is -2.04. The summed E-state index contributed by atoms with van der Waals surface area (Å²) in [5.41, 5.74) is 3.52. The molecule has 0 fully saturated rings. The molecule has 2 N–H and O–H groups in total. The van der Waals surface area contributed by atoms with E-state index in [9.17, 15) is 0 Å². The highest BCUT2D eigenvalue weighted by atomic mass is 16.3. The van der Waals surface area contributed by atoms with Gasteiger partial charge in [0, 0.05) is 13.7 Å². The van der Waals surface area contributed by atoms with Crippen molar-refractivity contribution in [3.8, 4) is 0 Å². The van der Waals surface area contributed by atoms with Gasteiger partial charge in [0.15, 0.2) is 0 Å². The van der Waals surface area contributed by atoms with Crippen LogP contribution < -0.4 is 5.32 Å². The Labute approximate surface area is 101 Å². The summed E-state index contributed by atoms with van der Waals surface area (Å²) >= 11 is 0. The van der Waals surface area contributed by atoms with E-state index in [2.05, 4.69) is 28.5 Å². The summed E-state index contributed by atoms with van der Waals surface area (Å²) in [7, 11) is 2.01. The second kappa shape index (κ2) is 5.80. The number of nitrogens with one attached hydrogen (secondary N) is 1. The molecule has 0 aliphatic heterocycles. The third kappa shape index (κ3) is 3.05. The summed E-state index contributed by atoms with van der Waals surface area (Å²) in [5, 5.41) is 12.0. The average Bonchev–Trinajstić information content (AvgIpc) is 2.71. The number of aliphatic hydroxyl groups excluding tert-OH is 1. The highest BCUT2D eigenvalue weighted by Gasteiger charge is 2.00. The van der Waals surface area contributed by atoms with E-state index in [-0.39, 0.29) is 6.61 Å². The summed E-state index contributed by atoms with van der Waals surface area (Å²) < 4.78 is 2.03. The standard InChI is InChI=1S/C13H19N3O/c1-16-10-15-12-9-11(3-4-13(12)16)5-7-14-6-2-8-17/h3-4,9-10,14,17H,2,5-8H2,1H3. The van der Waals surface area contributed by atoms with Crippen molar-refractivity contribution in [3.63, 3.8) is 0 Å². The molecule has 0 atom stereocenters. The van der Waals surface area contributed by atoms with Gasteiger partial charge in [0.25, 0.3) is 0 Å². The maximum atomic E-state index is 8.65. The van der Waals surface area contributed by atoms with Crippen molar-refractivity contribution in [3.05, 3.63) is 30.1 Å². The predicted molar refractivity (Wildman–Crippen MR) is 69.0 cm³/mol. The summed E-state index contributed by atoms with van der Waals surface area (Å²) in [5.74, 6) is 0. The summed E-state index contributed by atoms with van der Waals surface area (Å²) in [4.78, 5) is 4.35. The number of fused-ring (bicyclic) bond motifs is 1. The molecule has 0 saturated heterocycles. The molecule has 0 aliphatic carbocycles. The lowest BCUT2D eigenvalue weighted by molar-refractivity contribution is 0.286. The van der Waals surface area contributed by atoms with E-state index in [1.54, 1.807) is 0 Å². The van der Waals surface area contributed by atoms with Gasteiger partial charge in [0.2, 0.25) is 0 Å². The second-order valence-electron chi connectivity index (χ2n) is 4.26. The number of aromatic nitrogens is 2. The Morgan fingerprint density at radius 3 is 3.06 bits per heavy atom. The Morgan fingerprint density at radius 2 is 2.24 bits per heavy atom. The fourth-order valence-corrected chi connectivity index (χ4v) is 1.90. The van der Waals surface area contributed by atoms with Crippen LogP contribution in [-0.2, 0) is 13.5 Å². The van der Waals surface area contributed by atoms with Crippen molar-refractivity contribution in [1.82, 2.24) is 14.9 Å². The van der Waals surface area contributed by atoms with Crippen LogP contribution >= 0.6 is 0 Å². The molecule has 0 radical (unpaired) electrons. The summed E-state index contributed by atoms with van der Waals surface area (Å²) in [6, 6.07) is 6.41. The Morgan fingerprint density at radius 1 is 1.35 bits per heavy atom. The number of aliphatic hydroxyl groups is 1. The predicted octanol–water partition coefficient (Wildman–Crippen LogP) is 1.09. The topological polar surface area (TPSA) is 50.1 Å². The first kappa shape index (κ1) is 12.1. The maximum absolute atomic E-state index is 8.65. The summed E-state index contributed by atoms with van der Waals surface area (Å²) in [6.07, 6.45) is 3.66. The number of nitrogens with zero attached hydrogens (tertiary/aromatic N) is 2. The summed E-state index contributed by atoms with van der Waals surface area (Å²) in [6.45, 7) is 2.08. The minimum atomic E-state index is 0.257. The minimum Gasteiger partial charge on any atom is -0.396 e. The molecule has 0 saturated carbocycles. The number of benzene rings is 1. The smallest absolute Gasteiger partial charge is 0.0955 e. The normalized spacial score (nSPS) is 11.2. The van der Waals surface area contributed by atoms with E-state index in [4.69, 9.17) is 5.11 Å². The van der Waals surface area contributed by atoms with Crippen molar-refractivity contribution in [2.24, 2.45) is 7.05 Å². The minimum absolute atomic E-state index is 0.257. The number of aryl methyl sites for hydroxylation is 1. The Bertz CT molecular complexity index is 478. The highest BCUT2D eigenvalue weighted by Crippen LogP contribution is 2.13. The van der Waals surface area contributed by atoms with Gasteiger partial charge in [-0.1, -0.05) is 6.07 Å². The molecular formula is C13H19N3O. The van der Waals surface area contributed by atoms with Gasteiger partial charge in [0.1, 0.15) is 0 Å². The molecule has 0 spiro atoms. The van der Waals surface area contributed by atoms with Crippen molar-refractivity contribution >= 4 is 11.0 Å². The first-order chi connectivity index (χ1) is 8.31. The third-order valence-electron chi connectivity index (χ3n) is 2.89. The monoisotopic (exact) mass is 233 g/mol. The SMILES string of the molecule is Cn1cnc2cc(CCNCCCO)ccc21.